The summed E-state index contributed by atoms with van der Waals surface area (Å²) in [6, 6.07) is 14.1. The van der Waals surface area contributed by atoms with Gasteiger partial charge in [0.15, 0.2) is 0 Å². The Morgan fingerprint density at radius 1 is 1.04 bits per heavy atom. The van der Waals surface area contributed by atoms with Crippen LogP contribution in [0.25, 0.3) is 0 Å². The Labute approximate surface area is 168 Å². The molecule has 146 valence electrons. The second-order valence-corrected chi connectivity index (χ2v) is 7.76. The lowest BCUT2D eigenvalue weighted by atomic mass is 9.89. The maximum atomic E-state index is 13.0. The lowest BCUT2D eigenvalue weighted by Crippen LogP contribution is -2.36. The van der Waals surface area contributed by atoms with Crippen molar-refractivity contribution < 1.29 is 9.13 Å². The fraction of sp³-hybridized carbons (Fsp3) is 0.478. The third kappa shape index (κ3) is 4.64. The number of hydrogen-bond donors (Lipinski definition) is 0. The number of nitrogens with zero attached hydrogens (tertiary/aromatic N) is 1. The minimum atomic E-state index is -0.143. The molecule has 0 N–H and O–H groups in total. The average molecular weight is 390 g/mol. The molecule has 0 saturated carbocycles. The highest BCUT2D eigenvalue weighted by Crippen LogP contribution is 2.39. The Balaban J connectivity index is 0.00000210. The highest BCUT2D eigenvalue weighted by atomic mass is 35.5. The van der Waals surface area contributed by atoms with Crippen LogP contribution >= 0.6 is 12.4 Å². The summed E-state index contributed by atoms with van der Waals surface area (Å²) in [7, 11) is 1.75. The van der Waals surface area contributed by atoms with E-state index in [4.69, 9.17) is 4.74 Å². The summed E-state index contributed by atoms with van der Waals surface area (Å²) in [5, 5.41) is 0. The number of rotatable bonds is 5. The van der Waals surface area contributed by atoms with Crippen molar-refractivity contribution in [3.05, 3.63) is 65.0 Å². The van der Waals surface area contributed by atoms with Crippen molar-refractivity contribution in [1.82, 2.24) is 4.90 Å². The van der Waals surface area contributed by atoms with Crippen molar-refractivity contribution in [1.29, 1.82) is 0 Å². The van der Waals surface area contributed by atoms with Crippen molar-refractivity contribution in [2.75, 3.05) is 20.2 Å². The van der Waals surface area contributed by atoms with E-state index in [1.165, 1.54) is 61.9 Å². The number of hydrogen-bond acceptors (Lipinski definition) is 2. The quantitative estimate of drug-likeness (QED) is 0.661. The average Bonchev–Trinajstić information content (AvgIpc) is 3.11. The van der Waals surface area contributed by atoms with Gasteiger partial charge in [0.1, 0.15) is 11.6 Å². The smallest absolute Gasteiger partial charge is 0.123 e. The lowest BCUT2D eigenvalue weighted by Gasteiger charge is -2.36. The van der Waals surface area contributed by atoms with Gasteiger partial charge in [0.25, 0.3) is 0 Å². The molecule has 0 bridgehead atoms. The number of methoxy groups -OCH3 is 1. The molecular formula is C23H29ClFNO. The van der Waals surface area contributed by atoms with Gasteiger partial charge >= 0.3 is 0 Å². The molecule has 0 aromatic heterocycles. The van der Waals surface area contributed by atoms with Crippen molar-refractivity contribution in [3.63, 3.8) is 0 Å². The van der Waals surface area contributed by atoms with E-state index in [0.29, 0.717) is 6.04 Å². The Hall–Kier alpha value is -1.58. The maximum absolute atomic E-state index is 13.0. The summed E-state index contributed by atoms with van der Waals surface area (Å²) in [6.45, 7) is 2.38. The first kappa shape index (κ1) is 20.2. The van der Waals surface area contributed by atoms with E-state index in [9.17, 15) is 4.39 Å². The van der Waals surface area contributed by atoms with Crippen LogP contribution in [0.4, 0.5) is 4.39 Å². The van der Waals surface area contributed by atoms with Crippen molar-refractivity contribution in [2.24, 2.45) is 5.92 Å². The predicted molar refractivity (Wildman–Crippen MR) is 110 cm³/mol. The summed E-state index contributed by atoms with van der Waals surface area (Å²) in [6.07, 6.45) is 7.26. The first-order valence-corrected chi connectivity index (χ1v) is 9.88. The highest BCUT2D eigenvalue weighted by molar-refractivity contribution is 5.85. The first-order valence-electron chi connectivity index (χ1n) is 9.88. The minimum Gasteiger partial charge on any atom is -0.497 e. The number of piperidine rings is 1. The molecule has 27 heavy (non-hydrogen) atoms. The molecular weight excluding hydrogens is 361 g/mol. The molecule has 1 aliphatic heterocycles. The molecule has 1 heterocycles. The van der Waals surface area contributed by atoms with Crippen molar-refractivity contribution in [3.8, 4) is 5.75 Å². The predicted octanol–water partition coefficient (Wildman–Crippen LogP) is 5.59. The number of likely N-dealkylation sites (tertiary alicyclic amines) is 1. The first-order chi connectivity index (χ1) is 12.7. The Kier molecular flexibility index (Phi) is 6.78. The number of halogens is 2. The van der Waals surface area contributed by atoms with Crippen molar-refractivity contribution in [2.45, 2.75) is 44.6 Å². The van der Waals surface area contributed by atoms with Crippen LogP contribution < -0.4 is 4.74 Å². The molecule has 2 aromatic carbocycles. The Morgan fingerprint density at radius 2 is 1.78 bits per heavy atom. The van der Waals surface area contributed by atoms with Gasteiger partial charge in [0, 0.05) is 6.04 Å². The summed E-state index contributed by atoms with van der Waals surface area (Å²) >= 11 is 0. The summed E-state index contributed by atoms with van der Waals surface area (Å²) in [5.41, 5.74) is 4.23. The van der Waals surface area contributed by atoms with Crippen molar-refractivity contribution >= 4 is 12.4 Å². The van der Waals surface area contributed by atoms with Gasteiger partial charge in [-0.25, -0.2) is 4.39 Å². The molecule has 0 amide bonds. The van der Waals surface area contributed by atoms with E-state index < -0.39 is 0 Å². The fourth-order valence-electron chi connectivity index (χ4n) is 4.64. The van der Waals surface area contributed by atoms with E-state index >= 15 is 0 Å². The van der Waals surface area contributed by atoms with Crippen LogP contribution in [0.3, 0.4) is 0 Å². The van der Waals surface area contributed by atoms with Crippen LogP contribution in [-0.2, 0) is 12.8 Å². The lowest BCUT2D eigenvalue weighted by molar-refractivity contribution is 0.128. The van der Waals surface area contributed by atoms with Gasteiger partial charge in [-0.05, 0) is 98.5 Å². The molecule has 1 fully saturated rings. The SMILES string of the molecule is COc1ccc2c(c1)C(N1CCC(CCc3ccc(F)cc3)CC1)CC2.Cl. The topological polar surface area (TPSA) is 12.5 Å². The third-order valence-electron chi connectivity index (χ3n) is 6.24. The van der Waals surface area contributed by atoms with Crippen LogP contribution in [0.2, 0.25) is 0 Å². The molecule has 2 nitrogen and oxygen atoms in total. The largest absolute Gasteiger partial charge is 0.497 e. The fourth-order valence-corrected chi connectivity index (χ4v) is 4.64. The zero-order chi connectivity index (χ0) is 17.9. The van der Waals surface area contributed by atoms with E-state index in [-0.39, 0.29) is 18.2 Å². The zero-order valence-corrected chi connectivity index (χ0v) is 16.8. The van der Waals surface area contributed by atoms with E-state index in [0.717, 1.165) is 18.1 Å². The zero-order valence-electron chi connectivity index (χ0n) is 16.0. The van der Waals surface area contributed by atoms with Gasteiger partial charge in [0.05, 0.1) is 7.11 Å². The van der Waals surface area contributed by atoms with E-state index in [1.54, 1.807) is 19.2 Å². The van der Waals surface area contributed by atoms with Gasteiger partial charge in [-0.3, -0.25) is 4.90 Å². The second-order valence-electron chi connectivity index (χ2n) is 7.76. The standard InChI is InChI=1S/C23H28FNO.ClH/c1-26-21-10-6-19-7-11-23(22(19)16-21)25-14-12-18(13-15-25)3-2-17-4-8-20(24)9-5-17;/h4-6,8-10,16,18,23H,2-3,7,11-15H2,1H3;1H. The van der Waals surface area contributed by atoms with Gasteiger partial charge in [-0.15, -0.1) is 12.4 Å². The summed E-state index contributed by atoms with van der Waals surface area (Å²) < 4.78 is 18.4. The van der Waals surface area contributed by atoms with Gasteiger partial charge in [-0.2, -0.15) is 0 Å². The maximum Gasteiger partial charge on any atom is 0.123 e. The number of aryl methyl sites for hydroxylation is 2. The number of fused-ring (bicyclic) bond motifs is 1. The molecule has 4 rings (SSSR count). The minimum absolute atomic E-state index is 0. The van der Waals surface area contributed by atoms with E-state index in [2.05, 4.69) is 23.1 Å². The van der Waals surface area contributed by atoms with Crippen LogP contribution in [0.15, 0.2) is 42.5 Å². The summed E-state index contributed by atoms with van der Waals surface area (Å²) in [4.78, 5) is 2.68. The highest BCUT2D eigenvalue weighted by Gasteiger charge is 2.31. The molecule has 1 aliphatic carbocycles. The summed E-state index contributed by atoms with van der Waals surface area (Å²) in [5.74, 6) is 1.63. The Bertz CT molecular complexity index is 741. The molecule has 1 saturated heterocycles. The van der Waals surface area contributed by atoms with Crippen LogP contribution in [-0.4, -0.2) is 25.1 Å². The molecule has 2 aromatic rings. The molecule has 2 aliphatic rings. The van der Waals surface area contributed by atoms with E-state index in [1.807, 2.05) is 12.1 Å². The van der Waals surface area contributed by atoms with Crippen LogP contribution in [0.1, 0.15) is 48.4 Å². The second kappa shape index (κ2) is 9.07. The van der Waals surface area contributed by atoms with Gasteiger partial charge in [-0.1, -0.05) is 18.2 Å². The number of ether oxygens (including phenoxy) is 1. The van der Waals surface area contributed by atoms with Gasteiger partial charge < -0.3 is 4.74 Å². The number of benzene rings is 2. The normalized spacial score (nSPS) is 20.1. The molecule has 1 unspecified atom stereocenters. The van der Waals surface area contributed by atoms with Crippen LogP contribution in [0, 0.1) is 11.7 Å². The molecule has 0 radical (unpaired) electrons. The van der Waals surface area contributed by atoms with Gasteiger partial charge in [0.2, 0.25) is 0 Å². The van der Waals surface area contributed by atoms with Crippen LogP contribution in [0.5, 0.6) is 5.75 Å². The molecule has 1 atom stereocenters. The third-order valence-corrected chi connectivity index (χ3v) is 6.24. The monoisotopic (exact) mass is 389 g/mol. The molecule has 0 spiro atoms. The Morgan fingerprint density at radius 3 is 2.48 bits per heavy atom. The molecule has 4 heteroatoms.